The molecule has 0 aliphatic heterocycles. The molecule has 0 spiro atoms. The van der Waals surface area contributed by atoms with Crippen LogP contribution in [0.5, 0.6) is 0 Å². The van der Waals surface area contributed by atoms with Crippen LogP contribution in [0.2, 0.25) is 0 Å². The molecule has 0 fully saturated rings. The Morgan fingerprint density at radius 2 is 2.46 bits per heavy atom. The minimum atomic E-state index is 1.07. The van der Waals surface area contributed by atoms with Crippen molar-refractivity contribution in [3.63, 3.8) is 0 Å². The molecule has 0 saturated heterocycles. The highest BCUT2D eigenvalue weighted by molar-refractivity contribution is 7.99. The van der Waals surface area contributed by atoms with Gasteiger partial charge in [-0.2, -0.15) is 5.10 Å². The van der Waals surface area contributed by atoms with Gasteiger partial charge in [-0.15, -0.1) is 11.8 Å². The first-order valence-corrected chi connectivity index (χ1v) is 5.63. The zero-order valence-corrected chi connectivity index (χ0v) is 9.10. The number of rotatable bonds is 6. The fraction of sp³-hybridized carbons (Fsp3) is 0.667. The van der Waals surface area contributed by atoms with Gasteiger partial charge in [0.25, 0.3) is 0 Å². The van der Waals surface area contributed by atoms with Crippen LogP contribution in [0.25, 0.3) is 0 Å². The summed E-state index contributed by atoms with van der Waals surface area (Å²) in [6, 6.07) is 0. The van der Waals surface area contributed by atoms with Crippen LogP contribution in [0, 0.1) is 0 Å². The lowest BCUT2D eigenvalue weighted by Gasteiger charge is -1.99. The molecular formula is C9H17N3S. The fourth-order valence-corrected chi connectivity index (χ4v) is 1.91. The van der Waals surface area contributed by atoms with E-state index in [1.54, 1.807) is 0 Å². The van der Waals surface area contributed by atoms with E-state index in [1.807, 2.05) is 29.7 Å². The molecule has 0 amide bonds. The molecule has 0 atom stereocenters. The van der Waals surface area contributed by atoms with Crippen LogP contribution in [-0.2, 0) is 7.05 Å². The molecule has 0 aliphatic carbocycles. The average Bonchev–Trinajstić information content (AvgIpc) is 2.51. The standard InChI is InChI=1S/C9H17N3S/c1-3-10-5-4-6-13-9-7-11-12(2)8-9/h7-8,10H,3-6H2,1-2H3. The van der Waals surface area contributed by atoms with Crippen molar-refractivity contribution in [3.8, 4) is 0 Å². The molecule has 0 unspecified atom stereocenters. The van der Waals surface area contributed by atoms with Gasteiger partial charge in [0.1, 0.15) is 0 Å². The number of aryl methyl sites for hydroxylation is 1. The molecule has 4 heteroatoms. The first kappa shape index (κ1) is 10.6. The number of hydrogen-bond acceptors (Lipinski definition) is 3. The maximum Gasteiger partial charge on any atom is 0.0625 e. The Labute approximate surface area is 83.9 Å². The van der Waals surface area contributed by atoms with E-state index in [0.717, 1.165) is 13.1 Å². The largest absolute Gasteiger partial charge is 0.317 e. The number of thioether (sulfide) groups is 1. The number of hydrogen-bond donors (Lipinski definition) is 1. The summed E-state index contributed by atoms with van der Waals surface area (Å²) in [5.74, 6) is 1.17. The predicted molar refractivity (Wildman–Crippen MR) is 57.1 cm³/mol. The SMILES string of the molecule is CCNCCCSc1cnn(C)c1. The van der Waals surface area contributed by atoms with Crippen molar-refractivity contribution in [1.82, 2.24) is 15.1 Å². The molecule has 0 aliphatic rings. The normalized spacial score (nSPS) is 10.6. The third-order valence-corrected chi connectivity index (χ3v) is 2.73. The molecule has 1 rings (SSSR count). The van der Waals surface area contributed by atoms with Gasteiger partial charge in [0.15, 0.2) is 0 Å². The highest BCUT2D eigenvalue weighted by Gasteiger charge is 1.95. The van der Waals surface area contributed by atoms with Gasteiger partial charge in [-0.25, -0.2) is 0 Å². The van der Waals surface area contributed by atoms with E-state index in [2.05, 4.69) is 23.5 Å². The maximum atomic E-state index is 4.11. The van der Waals surface area contributed by atoms with Crippen molar-refractivity contribution in [1.29, 1.82) is 0 Å². The molecule has 0 saturated carbocycles. The summed E-state index contributed by atoms with van der Waals surface area (Å²) in [5.41, 5.74) is 0. The molecule has 1 N–H and O–H groups in total. The lowest BCUT2D eigenvalue weighted by molar-refractivity contribution is 0.707. The zero-order chi connectivity index (χ0) is 9.52. The van der Waals surface area contributed by atoms with Gasteiger partial charge in [-0.05, 0) is 25.3 Å². The van der Waals surface area contributed by atoms with Gasteiger partial charge < -0.3 is 5.32 Å². The topological polar surface area (TPSA) is 29.9 Å². The van der Waals surface area contributed by atoms with Crippen molar-refractivity contribution >= 4 is 11.8 Å². The van der Waals surface area contributed by atoms with E-state index in [1.165, 1.54) is 17.1 Å². The van der Waals surface area contributed by atoms with E-state index in [-0.39, 0.29) is 0 Å². The first-order chi connectivity index (χ1) is 6.33. The Balaban J connectivity index is 2.06. The fourth-order valence-electron chi connectivity index (χ4n) is 1.04. The van der Waals surface area contributed by atoms with Gasteiger partial charge in [0.2, 0.25) is 0 Å². The molecule has 1 aromatic heterocycles. The molecule has 74 valence electrons. The second kappa shape index (κ2) is 6.05. The van der Waals surface area contributed by atoms with Crippen LogP contribution in [0.15, 0.2) is 17.3 Å². The molecule has 0 aromatic carbocycles. The lowest BCUT2D eigenvalue weighted by atomic mass is 10.5. The van der Waals surface area contributed by atoms with Crippen molar-refractivity contribution < 1.29 is 0 Å². The lowest BCUT2D eigenvalue weighted by Crippen LogP contribution is -2.14. The van der Waals surface area contributed by atoms with E-state index < -0.39 is 0 Å². The van der Waals surface area contributed by atoms with Gasteiger partial charge >= 0.3 is 0 Å². The van der Waals surface area contributed by atoms with Crippen LogP contribution in [0.4, 0.5) is 0 Å². The predicted octanol–water partition coefficient (Wildman–Crippen LogP) is 1.51. The van der Waals surface area contributed by atoms with Gasteiger partial charge in [-0.1, -0.05) is 6.92 Å². The number of nitrogens with zero attached hydrogens (tertiary/aromatic N) is 2. The summed E-state index contributed by atoms with van der Waals surface area (Å²) >= 11 is 1.87. The molecule has 1 heterocycles. The van der Waals surface area contributed by atoms with Gasteiger partial charge in [-0.3, -0.25) is 4.68 Å². The molecule has 13 heavy (non-hydrogen) atoms. The van der Waals surface area contributed by atoms with Crippen LogP contribution in [0.1, 0.15) is 13.3 Å². The molecule has 0 bridgehead atoms. The summed E-state index contributed by atoms with van der Waals surface area (Å²) < 4.78 is 1.84. The summed E-state index contributed by atoms with van der Waals surface area (Å²) in [4.78, 5) is 1.26. The van der Waals surface area contributed by atoms with E-state index >= 15 is 0 Å². The summed E-state index contributed by atoms with van der Waals surface area (Å²) in [6.45, 7) is 4.32. The quantitative estimate of drug-likeness (QED) is 0.556. The number of aromatic nitrogens is 2. The summed E-state index contributed by atoms with van der Waals surface area (Å²) in [7, 11) is 1.95. The maximum absolute atomic E-state index is 4.11. The van der Waals surface area contributed by atoms with Crippen molar-refractivity contribution in [2.75, 3.05) is 18.8 Å². The number of nitrogens with one attached hydrogen (secondary N) is 1. The van der Waals surface area contributed by atoms with Crippen molar-refractivity contribution in [2.24, 2.45) is 7.05 Å². The van der Waals surface area contributed by atoms with E-state index in [0.29, 0.717) is 0 Å². The van der Waals surface area contributed by atoms with Crippen molar-refractivity contribution in [2.45, 2.75) is 18.2 Å². The molecule has 1 aromatic rings. The van der Waals surface area contributed by atoms with E-state index in [9.17, 15) is 0 Å². The average molecular weight is 199 g/mol. The Hall–Kier alpha value is -0.480. The Morgan fingerprint density at radius 3 is 3.08 bits per heavy atom. The Morgan fingerprint density at radius 1 is 1.62 bits per heavy atom. The van der Waals surface area contributed by atoms with Crippen LogP contribution in [-0.4, -0.2) is 28.6 Å². The van der Waals surface area contributed by atoms with Crippen molar-refractivity contribution in [3.05, 3.63) is 12.4 Å². The highest BCUT2D eigenvalue weighted by Crippen LogP contribution is 2.16. The molecule has 3 nitrogen and oxygen atoms in total. The summed E-state index contributed by atoms with van der Waals surface area (Å²) in [5, 5.41) is 7.42. The minimum Gasteiger partial charge on any atom is -0.317 e. The minimum absolute atomic E-state index is 1.07. The highest BCUT2D eigenvalue weighted by atomic mass is 32.2. The van der Waals surface area contributed by atoms with Crippen LogP contribution >= 0.6 is 11.8 Å². The molecule has 0 radical (unpaired) electrons. The van der Waals surface area contributed by atoms with Gasteiger partial charge in [0.05, 0.1) is 6.20 Å². The Bertz CT molecular complexity index is 235. The third kappa shape index (κ3) is 4.33. The Kier molecular flexibility index (Phi) is 4.93. The monoisotopic (exact) mass is 199 g/mol. The van der Waals surface area contributed by atoms with Crippen LogP contribution < -0.4 is 5.32 Å². The molecular weight excluding hydrogens is 182 g/mol. The van der Waals surface area contributed by atoms with Gasteiger partial charge in [0, 0.05) is 18.1 Å². The first-order valence-electron chi connectivity index (χ1n) is 4.65. The summed E-state index contributed by atoms with van der Waals surface area (Å²) in [6.07, 6.45) is 5.18. The second-order valence-electron chi connectivity index (χ2n) is 2.91. The zero-order valence-electron chi connectivity index (χ0n) is 8.29. The van der Waals surface area contributed by atoms with Crippen LogP contribution in [0.3, 0.4) is 0 Å². The smallest absolute Gasteiger partial charge is 0.0625 e. The van der Waals surface area contributed by atoms with E-state index in [4.69, 9.17) is 0 Å². The second-order valence-corrected chi connectivity index (χ2v) is 4.07. The third-order valence-electron chi connectivity index (χ3n) is 1.70.